The fourth-order valence-corrected chi connectivity index (χ4v) is 4.02. The van der Waals surface area contributed by atoms with E-state index in [9.17, 15) is 18.4 Å². The smallest absolute Gasteiger partial charge is 0.256 e. The SMILES string of the molecule is CNC(=O)c1c(F)cc(C[C@@H](CNC(=O)C2CC2(C)c2ccccc2)N(C)C)cc1F. The zero-order chi connectivity index (χ0) is 22.8. The number of carbonyl (C=O) groups is 2. The largest absolute Gasteiger partial charge is 0.355 e. The number of carbonyl (C=O) groups excluding carboxylic acids is 2. The minimum Gasteiger partial charge on any atom is -0.355 e. The van der Waals surface area contributed by atoms with E-state index in [2.05, 4.69) is 17.6 Å². The zero-order valence-electron chi connectivity index (χ0n) is 18.3. The summed E-state index contributed by atoms with van der Waals surface area (Å²) in [5, 5.41) is 5.24. The van der Waals surface area contributed by atoms with Gasteiger partial charge in [-0.15, -0.1) is 0 Å². The molecule has 0 heterocycles. The molecule has 0 radical (unpaired) electrons. The van der Waals surface area contributed by atoms with Gasteiger partial charge in [-0.2, -0.15) is 0 Å². The highest BCUT2D eigenvalue weighted by Gasteiger charge is 2.55. The van der Waals surface area contributed by atoms with Crippen LogP contribution in [-0.4, -0.2) is 50.4 Å². The van der Waals surface area contributed by atoms with Gasteiger partial charge in [0.25, 0.3) is 5.91 Å². The number of halogens is 2. The summed E-state index contributed by atoms with van der Waals surface area (Å²) in [5.41, 5.74) is 0.841. The number of hydrogen-bond acceptors (Lipinski definition) is 3. The minimum absolute atomic E-state index is 0.00877. The fraction of sp³-hybridized carbons (Fsp3) is 0.417. The lowest BCUT2D eigenvalue weighted by atomic mass is 9.95. The average molecular weight is 430 g/mol. The first kappa shape index (κ1) is 22.9. The Morgan fingerprint density at radius 3 is 2.32 bits per heavy atom. The van der Waals surface area contributed by atoms with Gasteiger partial charge in [-0.1, -0.05) is 37.3 Å². The Hall–Kier alpha value is -2.80. The van der Waals surface area contributed by atoms with E-state index in [4.69, 9.17) is 0 Å². The van der Waals surface area contributed by atoms with Crippen LogP contribution in [0, 0.1) is 17.6 Å². The van der Waals surface area contributed by atoms with Crippen molar-refractivity contribution in [3.05, 3.63) is 70.8 Å². The number of hydrogen-bond donors (Lipinski definition) is 2. The van der Waals surface area contributed by atoms with Gasteiger partial charge in [0.05, 0.1) is 0 Å². The van der Waals surface area contributed by atoms with Gasteiger partial charge < -0.3 is 15.5 Å². The maximum atomic E-state index is 14.3. The molecular formula is C24H29F2N3O2. The molecule has 3 rings (SSSR count). The molecule has 1 saturated carbocycles. The van der Waals surface area contributed by atoms with Crippen molar-refractivity contribution in [3.8, 4) is 0 Å². The summed E-state index contributed by atoms with van der Waals surface area (Å²) < 4.78 is 28.6. The van der Waals surface area contributed by atoms with Crippen LogP contribution < -0.4 is 10.6 Å². The molecule has 2 unspecified atom stereocenters. The van der Waals surface area contributed by atoms with E-state index >= 15 is 0 Å². The number of rotatable bonds is 8. The molecule has 0 saturated heterocycles. The minimum atomic E-state index is -0.896. The van der Waals surface area contributed by atoms with E-state index < -0.39 is 23.1 Å². The molecule has 0 aliphatic heterocycles. The van der Waals surface area contributed by atoms with Gasteiger partial charge in [0.1, 0.15) is 17.2 Å². The molecule has 2 N–H and O–H groups in total. The number of likely N-dealkylation sites (N-methyl/N-ethyl adjacent to an activating group) is 1. The predicted octanol–water partition coefficient (Wildman–Crippen LogP) is 2.89. The quantitative estimate of drug-likeness (QED) is 0.678. The lowest BCUT2D eigenvalue weighted by Gasteiger charge is -2.25. The van der Waals surface area contributed by atoms with Crippen molar-refractivity contribution in [3.63, 3.8) is 0 Å². The molecule has 2 amide bonds. The predicted molar refractivity (Wildman–Crippen MR) is 116 cm³/mol. The van der Waals surface area contributed by atoms with Crippen LogP contribution in [0.15, 0.2) is 42.5 Å². The summed E-state index contributed by atoms with van der Waals surface area (Å²) in [5.74, 6) is -2.69. The maximum Gasteiger partial charge on any atom is 0.256 e. The van der Waals surface area contributed by atoms with E-state index in [-0.39, 0.29) is 23.3 Å². The van der Waals surface area contributed by atoms with Crippen LogP contribution in [0.3, 0.4) is 0 Å². The maximum absolute atomic E-state index is 14.3. The van der Waals surface area contributed by atoms with Gasteiger partial charge in [0.2, 0.25) is 5.91 Å². The number of benzene rings is 2. The van der Waals surface area contributed by atoms with Gasteiger partial charge in [-0.05, 0) is 50.2 Å². The second-order valence-corrected chi connectivity index (χ2v) is 8.62. The summed E-state index contributed by atoms with van der Waals surface area (Å²) in [6, 6.07) is 12.2. The Morgan fingerprint density at radius 2 is 1.77 bits per heavy atom. The summed E-state index contributed by atoms with van der Waals surface area (Å²) in [6.07, 6.45) is 1.13. The monoisotopic (exact) mass is 429 g/mol. The van der Waals surface area contributed by atoms with Crippen molar-refractivity contribution in [1.82, 2.24) is 15.5 Å². The second-order valence-electron chi connectivity index (χ2n) is 8.62. The van der Waals surface area contributed by atoms with Crippen molar-refractivity contribution in [2.75, 3.05) is 27.7 Å². The molecule has 0 aromatic heterocycles. The number of nitrogens with zero attached hydrogens (tertiary/aromatic N) is 1. The molecule has 0 spiro atoms. The summed E-state index contributed by atoms with van der Waals surface area (Å²) in [4.78, 5) is 26.3. The van der Waals surface area contributed by atoms with Gasteiger partial charge in [0.15, 0.2) is 0 Å². The molecule has 1 aliphatic carbocycles. The first-order valence-corrected chi connectivity index (χ1v) is 10.4. The third-order valence-corrected chi connectivity index (χ3v) is 6.26. The van der Waals surface area contributed by atoms with Crippen molar-refractivity contribution >= 4 is 11.8 Å². The zero-order valence-corrected chi connectivity index (χ0v) is 18.3. The Bertz CT molecular complexity index is 942. The molecule has 2 aromatic carbocycles. The van der Waals surface area contributed by atoms with E-state index in [1.54, 1.807) is 0 Å². The fourth-order valence-electron chi connectivity index (χ4n) is 4.02. The van der Waals surface area contributed by atoms with Crippen LogP contribution in [-0.2, 0) is 16.6 Å². The lowest BCUT2D eigenvalue weighted by molar-refractivity contribution is -0.122. The third kappa shape index (κ3) is 4.93. The highest BCUT2D eigenvalue weighted by Crippen LogP contribution is 2.53. The van der Waals surface area contributed by atoms with Gasteiger partial charge in [-0.25, -0.2) is 8.78 Å². The molecule has 2 aromatic rings. The Balaban J connectivity index is 1.64. The lowest BCUT2D eigenvalue weighted by Crippen LogP contribution is -2.42. The first-order chi connectivity index (χ1) is 14.7. The Labute approximate surface area is 181 Å². The van der Waals surface area contributed by atoms with Crippen LogP contribution in [0.2, 0.25) is 0 Å². The van der Waals surface area contributed by atoms with E-state index in [1.807, 2.05) is 49.3 Å². The topological polar surface area (TPSA) is 61.4 Å². The van der Waals surface area contributed by atoms with Gasteiger partial charge >= 0.3 is 0 Å². The van der Waals surface area contributed by atoms with Crippen molar-refractivity contribution in [2.45, 2.75) is 31.2 Å². The van der Waals surface area contributed by atoms with Gasteiger partial charge in [-0.3, -0.25) is 9.59 Å². The van der Waals surface area contributed by atoms with Gasteiger partial charge in [0, 0.05) is 31.0 Å². The molecule has 5 nitrogen and oxygen atoms in total. The highest BCUT2D eigenvalue weighted by atomic mass is 19.1. The van der Waals surface area contributed by atoms with Crippen molar-refractivity contribution in [1.29, 1.82) is 0 Å². The highest BCUT2D eigenvalue weighted by molar-refractivity contribution is 5.94. The summed E-state index contributed by atoms with van der Waals surface area (Å²) >= 11 is 0. The van der Waals surface area contributed by atoms with Crippen LogP contribution >= 0.6 is 0 Å². The molecule has 1 fully saturated rings. The molecular weight excluding hydrogens is 400 g/mol. The molecule has 7 heteroatoms. The number of amides is 2. The van der Waals surface area contributed by atoms with E-state index in [1.165, 1.54) is 19.2 Å². The van der Waals surface area contributed by atoms with Crippen molar-refractivity contribution < 1.29 is 18.4 Å². The summed E-state index contributed by atoms with van der Waals surface area (Å²) in [6.45, 7) is 2.45. The second kappa shape index (κ2) is 9.14. The van der Waals surface area contributed by atoms with E-state index in [0.29, 0.717) is 18.5 Å². The average Bonchev–Trinajstić information content (AvgIpc) is 3.43. The standard InChI is InChI=1S/C24H29F2N3O2/c1-24(16-8-6-5-7-9-16)13-18(24)22(30)28-14-17(29(3)4)10-15-11-19(25)21(20(26)12-15)23(31)27-2/h5-9,11-12,17-18H,10,13-14H2,1-4H3,(H,27,31)(H,28,30)/t17-,18?,24?/m0/s1. The molecule has 3 atom stereocenters. The molecule has 166 valence electrons. The summed E-state index contributed by atoms with van der Waals surface area (Å²) in [7, 11) is 5.03. The normalized spacial score (nSPS) is 20.9. The van der Waals surface area contributed by atoms with Crippen LogP contribution in [0.5, 0.6) is 0 Å². The third-order valence-electron chi connectivity index (χ3n) is 6.26. The Morgan fingerprint density at radius 1 is 1.16 bits per heavy atom. The molecule has 1 aliphatic rings. The van der Waals surface area contributed by atoms with Crippen molar-refractivity contribution in [2.24, 2.45) is 5.92 Å². The van der Waals surface area contributed by atoms with Crippen LogP contribution in [0.1, 0.15) is 34.8 Å². The molecule has 0 bridgehead atoms. The molecule has 31 heavy (non-hydrogen) atoms. The van der Waals surface area contributed by atoms with Crippen LogP contribution in [0.4, 0.5) is 8.78 Å². The van der Waals surface area contributed by atoms with Crippen LogP contribution in [0.25, 0.3) is 0 Å². The first-order valence-electron chi connectivity index (χ1n) is 10.4. The Kier molecular flexibility index (Phi) is 6.74. The van der Waals surface area contributed by atoms with E-state index in [0.717, 1.165) is 12.0 Å². The number of nitrogens with one attached hydrogen (secondary N) is 2.